The van der Waals surface area contributed by atoms with Crippen LogP contribution in [0.4, 0.5) is 34.1 Å². The Morgan fingerprint density at radius 3 is 0.704 bits per heavy atom. The van der Waals surface area contributed by atoms with Gasteiger partial charge in [-0.25, -0.2) is 0 Å². The number of benzene rings is 13. The fraction of sp³-hybridized carbons (Fsp3) is 0. The summed E-state index contributed by atoms with van der Waals surface area (Å²) < 4.78 is 2.55. The predicted molar refractivity (Wildman–Crippen MR) is 343 cm³/mol. The number of fused-ring (bicyclic) bond motifs is 3. The number of hydrogen-bond acceptors (Lipinski definition) is 2. The molecule has 3 heteroatoms. The third kappa shape index (κ3) is 9.54. The molecule has 0 aliphatic carbocycles. The Kier molecular flexibility index (Phi) is 13.0. The summed E-state index contributed by atoms with van der Waals surface area (Å²) in [6.07, 6.45) is 0. The van der Waals surface area contributed by atoms with Gasteiger partial charge in [0.2, 0.25) is 0 Å². The van der Waals surface area contributed by atoms with E-state index in [0.717, 1.165) is 95.4 Å². The molecule has 0 amide bonds. The van der Waals surface area contributed by atoms with Gasteiger partial charge in [-0.2, -0.15) is 0 Å². The van der Waals surface area contributed by atoms with E-state index in [1.807, 2.05) is 0 Å². The molecule has 0 aliphatic heterocycles. The lowest BCUT2D eigenvalue weighted by molar-refractivity contribution is 1.16. The monoisotopic (exact) mass is 1030 g/mol. The van der Waals surface area contributed by atoms with E-state index in [2.05, 4.69) is 348 Å². The van der Waals surface area contributed by atoms with E-state index >= 15 is 0 Å². The van der Waals surface area contributed by atoms with E-state index in [9.17, 15) is 0 Å². The van der Waals surface area contributed by atoms with E-state index in [0.29, 0.717) is 0 Å². The van der Waals surface area contributed by atoms with Gasteiger partial charge in [0, 0.05) is 44.6 Å². The summed E-state index contributed by atoms with van der Waals surface area (Å²) in [7, 11) is 0. The lowest BCUT2D eigenvalue weighted by Gasteiger charge is -2.31. The maximum atomic E-state index is 2.55. The van der Waals surface area contributed by atoms with Crippen LogP contribution in [-0.2, 0) is 0 Å². The Morgan fingerprint density at radius 2 is 0.432 bits per heavy atom. The molecule has 0 radical (unpaired) electrons. The third-order valence-corrected chi connectivity index (χ3v) is 15.6. The molecule has 0 saturated carbocycles. The highest BCUT2D eigenvalue weighted by Crippen LogP contribution is 2.47. The van der Waals surface area contributed by atoms with Crippen molar-refractivity contribution in [3.05, 3.63) is 334 Å². The molecule has 0 aliphatic rings. The quantitative estimate of drug-likeness (QED) is 0.114. The second-order valence-corrected chi connectivity index (χ2v) is 20.5. The highest BCUT2D eigenvalue weighted by Gasteiger charge is 2.25. The number of anilines is 6. The van der Waals surface area contributed by atoms with Crippen LogP contribution < -0.4 is 9.80 Å². The van der Waals surface area contributed by atoms with Crippen LogP contribution in [0.1, 0.15) is 0 Å². The lowest BCUT2D eigenvalue weighted by Crippen LogP contribution is -2.14. The van der Waals surface area contributed by atoms with Crippen molar-refractivity contribution in [1.29, 1.82) is 0 Å². The predicted octanol–water partition coefficient (Wildman–Crippen LogP) is 21.7. The van der Waals surface area contributed by atoms with Crippen molar-refractivity contribution in [2.75, 3.05) is 9.80 Å². The maximum absolute atomic E-state index is 2.55. The summed E-state index contributed by atoms with van der Waals surface area (Å²) in [6.45, 7) is 0. The van der Waals surface area contributed by atoms with E-state index in [-0.39, 0.29) is 0 Å². The molecule has 13 aromatic carbocycles. The van der Waals surface area contributed by atoms with Gasteiger partial charge in [-0.3, -0.25) is 0 Å². The molecule has 0 fully saturated rings. The molecule has 382 valence electrons. The van der Waals surface area contributed by atoms with Crippen LogP contribution in [0.25, 0.3) is 94.3 Å². The van der Waals surface area contributed by atoms with Gasteiger partial charge in [0.15, 0.2) is 0 Å². The molecule has 14 rings (SSSR count). The summed E-state index contributed by atoms with van der Waals surface area (Å²) in [5.41, 5.74) is 23.4. The molecule has 1 aromatic heterocycles. The zero-order valence-corrected chi connectivity index (χ0v) is 44.6. The molecule has 14 aromatic rings. The van der Waals surface area contributed by atoms with Crippen LogP contribution in [0, 0.1) is 0 Å². The number of para-hydroxylation sites is 2. The molecule has 0 saturated heterocycles. The first-order chi connectivity index (χ1) is 40.2. The summed E-state index contributed by atoms with van der Waals surface area (Å²) in [4.78, 5) is 4.85. The first-order valence-corrected chi connectivity index (χ1v) is 27.7. The van der Waals surface area contributed by atoms with Gasteiger partial charge in [0.05, 0.1) is 28.1 Å². The second-order valence-electron chi connectivity index (χ2n) is 20.5. The summed E-state index contributed by atoms with van der Waals surface area (Å²) in [5.74, 6) is 0. The molecule has 1 heterocycles. The average molecular weight is 1030 g/mol. The average Bonchev–Trinajstić information content (AvgIpc) is 3.26. The van der Waals surface area contributed by atoms with Crippen molar-refractivity contribution < 1.29 is 0 Å². The lowest BCUT2D eigenvalue weighted by atomic mass is 10.0. The van der Waals surface area contributed by atoms with Crippen molar-refractivity contribution in [3.8, 4) is 72.4 Å². The van der Waals surface area contributed by atoms with Crippen LogP contribution in [0.3, 0.4) is 0 Å². The molecule has 0 atom stereocenters. The van der Waals surface area contributed by atoms with E-state index in [1.54, 1.807) is 0 Å². The highest BCUT2D eigenvalue weighted by molar-refractivity contribution is 6.17. The molecule has 3 nitrogen and oxygen atoms in total. The minimum atomic E-state index is 0.999. The molecule has 81 heavy (non-hydrogen) atoms. The topological polar surface area (TPSA) is 11.4 Å². The normalized spacial score (nSPS) is 11.2. The first-order valence-electron chi connectivity index (χ1n) is 27.7. The minimum absolute atomic E-state index is 0.999. The Labute approximate surface area is 473 Å². The molecule has 0 spiro atoms. The Bertz CT molecular complexity index is 3980. The molecule has 0 bridgehead atoms. The zero-order valence-electron chi connectivity index (χ0n) is 44.6. The summed E-state index contributed by atoms with van der Waals surface area (Å²) >= 11 is 0. The fourth-order valence-corrected chi connectivity index (χ4v) is 11.7. The first kappa shape index (κ1) is 48.6. The molecular formula is C78H55N3. The summed E-state index contributed by atoms with van der Waals surface area (Å²) in [5, 5.41) is 2.37. The van der Waals surface area contributed by atoms with Crippen molar-refractivity contribution in [3.63, 3.8) is 0 Å². The van der Waals surface area contributed by atoms with Crippen LogP contribution in [0.5, 0.6) is 0 Å². The van der Waals surface area contributed by atoms with E-state index < -0.39 is 0 Å². The second kappa shape index (κ2) is 21.6. The molecule has 0 N–H and O–H groups in total. The Morgan fingerprint density at radius 1 is 0.185 bits per heavy atom. The Balaban J connectivity index is 1.07. The van der Waals surface area contributed by atoms with Crippen LogP contribution in [0.15, 0.2) is 334 Å². The van der Waals surface area contributed by atoms with Gasteiger partial charge < -0.3 is 14.4 Å². The van der Waals surface area contributed by atoms with Gasteiger partial charge in [-0.05, 0) is 122 Å². The van der Waals surface area contributed by atoms with Crippen molar-refractivity contribution in [2.24, 2.45) is 0 Å². The van der Waals surface area contributed by atoms with Crippen molar-refractivity contribution in [2.45, 2.75) is 0 Å². The number of hydrogen-bond donors (Lipinski definition) is 0. The SMILES string of the molecule is c1ccc(-c2ccc(N(c3ccc(-c4ccccc4)cc3)c3cc(N(c4ccc(-c5ccccc5)cc4)c4ccc(-c5ccccc5)cc4)cc(-n4c5c(-c6ccccc6)cccc5c5cccc(-c6ccccc6)c54)c3)cc2)cc1. The third-order valence-electron chi connectivity index (χ3n) is 15.6. The van der Waals surface area contributed by atoms with Crippen LogP contribution >= 0.6 is 0 Å². The molecule has 0 unspecified atom stereocenters. The van der Waals surface area contributed by atoms with Gasteiger partial charge in [0.1, 0.15) is 0 Å². The summed E-state index contributed by atoms with van der Waals surface area (Å²) in [6, 6.07) is 121. The number of nitrogens with zero attached hydrogens (tertiary/aromatic N) is 3. The van der Waals surface area contributed by atoms with Gasteiger partial charge in [-0.1, -0.05) is 267 Å². The number of rotatable bonds is 13. The smallest absolute Gasteiger partial charge is 0.0619 e. The fourth-order valence-electron chi connectivity index (χ4n) is 11.7. The van der Waals surface area contributed by atoms with Gasteiger partial charge in [0.25, 0.3) is 0 Å². The van der Waals surface area contributed by atoms with Crippen LogP contribution in [0.2, 0.25) is 0 Å². The van der Waals surface area contributed by atoms with Crippen molar-refractivity contribution in [1.82, 2.24) is 4.57 Å². The van der Waals surface area contributed by atoms with E-state index in [4.69, 9.17) is 0 Å². The number of aromatic nitrogens is 1. The van der Waals surface area contributed by atoms with Crippen molar-refractivity contribution >= 4 is 55.9 Å². The minimum Gasteiger partial charge on any atom is -0.310 e. The molecular weight excluding hydrogens is 979 g/mol. The largest absolute Gasteiger partial charge is 0.310 e. The van der Waals surface area contributed by atoms with E-state index in [1.165, 1.54) is 33.0 Å². The standard InChI is InChI=1S/C78H55N3/c1-7-21-56(22-8-1)60-37-45-66(46-38-60)79(67-47-39-61(40-48-67)57-23-9-2-10-24-57)70-53-71(80(68-49-41-62(42-50-68)58-25-11-3-12-26-58)69-51-43-63(44-52-69)59-27-13-4-14-28-59)55-72(54-70)81-77-73(64-29-15-5-16-30-64)33-19-35-75(77)76-36-20-34-74(78(76)81)65-31-17-6-18-32-65/h1-55H. The van der Waals surface area contributed by atoms with Gasteiger partial charge >= 0.3 is 0 Å². The highest BCUT2D eigenvalue weighted by atomic mass is 15.2. The van der Waals surface area contributed by atoms with Crippen LogP contribution in [-0.4, -0.2) is 4.57 Å². The Hall–Kier alpha value is -10.7. The van der Waals surface area contributed by atoms with Gasteiger partial charge in [-0.15, -0.1) is 0 Å². The zero-order chi connectivity index (χ0) is 53.9. The maximum Gasteiger partial charge on any atom is 0.0619 e.